The summed E-state index contributed by atoms with van der Waals surface area (Å²) in [6, 6.07) is 0.154. The van der Waals surface area contributed by atoms with Gasteiger partial charge >= 0.3 is 5.97 Å². The molecule has 1 fully saturated rings. The lowest BCUT2D eigenvalue weighted by Gasteiger charge is -2.27. The van der Waals surface area contributed by atoms with Gasteiger partial charge in [0.25, 0.3) is 0 Å². The van der Waals surface area contributed by atoms with Crippen molar-refractivity contribution in [2.45, 2.75) is 53.0 Å². The van der Waals surface area contributed by atoms with Crippen LogP contribution in [0, 0.1) is 17.3 Å². The molecular formula is C13H23NO3. The highest BCUT2D eigenvalue weighted by Gasteiger charge is 2.38. The third-order valence-electron chi connectivity index (χ3n) is 3.42. The molecule has 0 saturated heterocycles. The summed E-state index contributed by atoms with van der Waals surface area (Å²) in [4.78, 5) is 23.2. The first-order valence-electron chi connectivity index (χ1n) is 6.25. The maximum Gasteiger partial charge on any atom is 0.316 e. The van der Waals surface area contributed by atoms with Crippen LogP contribution < -0.4 is 5.32 Å². The summed E-state index contributed by atoms with van der Waals surface area (Å²) in [7, 11) is 0. The Bertz CT molecular complexity index is 306. The van der Waals surface area contributed by atoms with E-state index in [0.29, 0.717) is 5.92 Å². The number of carbonyl (C=O) groups is 2. The zero-order chi connectivity index (χ0) is 13.2. The normalized spacial score (nSPS) is 26.6. The second kappa shape index (κ2) is 5.07. The third kappa shape index (κ3) is 3.72. The molecule has 0 spiro atoms. The number of hydrogen-bond acceptors (Lipinski definition) is 2. The molecule has 1 rings (SSSR count). The fraction of sp³-hybridized carbons (Fsp3) is 0.846. The van der Waals surface area contributed by atoms with Gasteiger partial charge < -0.3 is 10.4 Å². The molecular weight excluding hydrogens is 218 g/mol. The topological polar surface area (TPSA) is 66.4 Å². The zero-order valence-electron chi connectivity index (χ0n) is 11.1. The van der Waals surface area contributed by atoms with Crippen LogP contribution in [0.5, 0.6) is 0 Å². The molecule has 98 valence electrons. The van der Waals surface area contributed by atoms with Crippen molar-refractivity contribution < 1.29 is 14.7 Å². The van der Waals surface area contributed by atoms with Crippen molar-refractivity contribution in [3.63, 3.8) is 0 Å². The van der Waals surface area contributed by atoms with Crippen LogP contribution in [-0.2, 0) is 9.59 Å². The number of amides is 1. The molecule has 3 unspecified atom stereocenters. The number of rotatable bonds is 3. The highest BCUT2D eigenvalue weighted by atomic mass is 16.4. The monoisotopic (exact) mass is 241 g/mol. The SMILES string of the molecule is CC1CCC(NC(=O)C(C(=O)O)C(C)(C)C)C1. The molecule has 0 radical (unpaired) electrons. The van der Waals surface area contributed by atoms with Crippen LogP contribution in [-0.4, -0.2) is 23.0 Å². The van der Waals surface area contributed by atoms with Gasteiger partial charge in [-0.2, -0.15) is 0 Å². The molecule has 0 aromatic rings. The first-order valence-corrected chi connectivity index (χ1v) is 6.25. The molecule has 1 amide bonds. The average Bonchev–Trinajstić information content (AvgIpc) is 2.46. The summed E-state index contributed by atoms with van der Waals surface area (Å²) in [5.41, 5.74) is -0.555. The van der Waals surface area contributed by atoms with E-state index >= 15 is 0 Å². The van der Waals surface area contributed by atoms with Gasteiger partial charge in [0.1, 0.15) is 5.92 Å². The predicted octanol–water partition coefficient (Wildman–Crippen LogP) is 2.04. The molecule has 0 aliphatic heterocycles. The molecule has 0 heterocycles. The quantitative estimate of drug-likeness (QED) is 0.743. The Kier molecular flexibility index (Phi) is 4.17. The standard InChI is InChI=1S/C13H23NO3/c1-8-5-6-9(7-8)14-11(15)10(12(16)17)13(2,3)4/h8-10H,5-7H2,1-4H3,(H,14,15)(H,16,17). The molecule has 4 nitrogen and oxygen atoms in total. The highest BCUT2D eigenvalue weighted by molar-refractivity contribution is 5.97. The zero-order valence-corrected chi connectivity index (χ0v) is 11.1. The van der Waals surface area contributed by atoms with Crippen LogP contribution >= 0.6 is 0 Å². The molecule has 1 aliphatic carbocycles. The van der Waals surface area contributed by atoms with Crippen LogP contribution in [0.3, 0.4) is 0 Å². The molecule has 3 atom stereocenters. The Morgan fingerprint density at radius 1 is 1.29 bits per heavy atom. The summed E-state index contributed by atoms with van der Waals surface area (Å²) in [5.74, 6) is -1.73. The van der Waals surface area contributed by atoms with Gasteiger partial charge in [-0.3, -0.25) is 9.59 Å². The van der Waals surface area contributed by atoms with Crippen molar-refractivity contribution in [3.05, 3.63) is 0 Å². The van der Waals surface area contributed by atoms with Gasteiger partial charge in [-0.05, 0) is 30.6 Å². The first-order chi connectivity index (χ1) is 7.71. The minimum atomic E-state index is -1.04. The lowest BCUT2D eigenvalue weighted by atomic mass is 9.80. The third-order valence-corrected chi connectivity index (χ3v) is 3.42. The van der Waals surface area contributed by atoms with Crippen molar-refractivity contribution in [2.24, 2.45) is 17.3 Å². The van der Waals surface area contributed by atoms with E-state index in [9.17, 15) is 9.59 Å². The summed E-state index contributed by atoms with van der Waals surface area (Å²) < 4.78 is 0. The van der Waals surface area contributed by atoms with Gasteiger partial charge in [0.15, 0.2) is 0 Å². The number of aliphatic carboxylic acids is 1. The molecule has 0 aromatic carbocycles. The first kappa shape index (κ1) is 14.0. The number of carboxylic acids is 1. The van der Waals surface area contributed by atoms with Crippen LogP contribution in [0.25, 0.3) is 0 Å². The van der Waals surface area contributed by atoms with Crippen LogP contribution in [0.15, 0.2) is 0 Å². The van der Waals surface area contributed by atoms with E-state index in [-0.39, 0.29) is 11.9 Å². The van der Waals surface area contributed by atoms with Gasteiger partial charge in [0.05, 0.1) is 0 Å². The number of nitrogens with one attached hydrogen (secondary N) is 1. The van der Waals surface area contributed by atoms with Crippen molar-refractivity contribution >= 4 is 11.9 Å². The van der Waals surface area contributed by atoms with Gasteiger partial charge in [-0.25, -0.2) is 0 Å². The summed E-state index contributed by atoms with van der Waals surface area (Å²) in [6.07, 6.45) is 3.03. The lowest BCUT2D eigenvalue weighted by molar-refractivity contribution is -0.151. The van der Waals surface area contributed by atoms with Gasteiger partial charge in [0.2, 0.25) is 5.91 Å². The van der Waals surface area contributed by atoms with E-state index in [1.807, 2.05) is 0 Å². The second-order valence-corrected chi connectivity index (χ2v) is 6.26. The molecule has 2 N–H and O–H groups in total. The van der Waals surface area contributed by atoms with Crippen LogP contribution in [0.4, 0.5) is 0 Å². The van der Waals surface area contributed by atoms with E-state index in [1.165, 1.54) is 0 Å². The molecule has 17 heavy (non-hydrogen) atoms. The molecule has 0 bridgehead atoms. The smallest absolute Gasteiger partial charge is 0.316 e. The van der Waals surface area contributed by atoms with E-state index < -0.39 is 17.3 Å². The van der Waals surface area contributed by atoms with Crippen LogP contribution in [0.2, 0.25) is 0 Å². The average molecular weight is 241 g/mol. The summed E-state index contributed by atoms with van der Waals surface area (Å²) in [5, 5.41) is 12.0. The number of carboxylic acid groups (broad SMARTS) is 1. The van der Waals surface area contributed by atoms with Crippen molar-refractivity contribution in [1.29, 1.82) is 0 Å². The molecule has 1 saturated carbocycles. The van der Waals surface area contributed by atoms with Gasteiger partial charge in [-0.1, -0.05) is 27.7 Å². The van der Waals surface area contributed by atoms with Gasteiger partial charge in [-0.15, -0.1) is 0 Å². The number of carbonyl (C=O) groups excluding carboxylic acids is 1. The van der Waals surface area contributed by atoms with E-state index in [2.05, 4.69) is 12.2 Å². The Balaban J connectivity index is 2.64. The minimum absolute atomic E-state index is 0.154. The summed E-state index contributed by atoms with van der Waals surface area (Å²) in [6.45, 7) is 7.50. The van der Waals surface area contributed by atoms with E-state index in [0.717, 1.165) is 19.3 Å². The fourth-order valence-electron chi connectivity index (χ4n) is 2.50. The molecule has 4 heteroatoms. The van der Waals surface area contributed by atoms with Crippen molar-refractivity contribution in [3.8, 4) is 0 Å². The van der Waals surface area contributed by atoms with E-state index in [4.69, 9.17) is 5.11 Å². The second-order valence-electron chi connectivity index (χ2n) is 6.26. The Morgan fingerprint density at radius 2 is 1.88 bits per heavy atom. The molecule has 1 aliphatic rings. The lowest BCUT2D eigenvalue weighted by Crippen LogP contribution is -2.45. The predicted molar refractivity (Wildman–Crippen MR) is 65.5 cm³/mol. The largest absolute Gasteiger partial charge is 0.481 e. The fourth-order valence-corrected chi connectivity index (χ4v) is 2.50. The Hall–Kier alpha value is -1.06. The molecule has 0 aromatic heterocycles. The van der Waals surface area contributed by atoms with Gasteiger partial charge in [0, 0.05) is 6.04 Å². The Labute approximate surface area is 103 Å². The summed E-state index contributed by atoms with van der Waals surface area (Å²) >= 11 is 0. The highest BCUT2D eigenvalue weighted by Crippen LogP contribution is 2.29. The van der Waals surface area contributed by atoms with Crippen molar-refractivity contribution in [2.75, 3.05) is 0 Å². The number of hydrogen-bond donors (Lipinski definition) is 2. The minimum Gasteiger partial charge on any atom is -0.481 e. The van der Waals surface area contributed by atoms with Crippen molar-refractivity contribution in [1.82, 2.24) is 5.32 Å². The van der Waals surface area contributed by atoms with E-state index in [1.54, 1.807) is 20.8 Å². The van der Waals surface area contributed by atoms with Crippen LogP contribution in [0.1, 0.15) is 47.0 Å². The maximum absolute atomic E-state index is 12.0. The Morgan fingerprint density at radius 3 is 2.24 bits per heavy atom. The maximum atomic E-state index is 12.0.